The Bertz CT molecular complexity index is 657. The third-order valence-electron chi connectivity index (χ3n) is 4.90. The van der Waals surface area contributed by atoms with Crippen LogP contribution in [0.15, 0.2) is 43.0 Å². The molecular weight excluding hydrogens is 372 g/mol. The molecule has 1 amide bonds. The van der Waals surface area contributed by atoms with E-state index in [-0.39, 0.29) is 29.5 Å². The van der Waals surface area contributed by atoms with Gasteiger partial charge in [-0.1, -0.05) is 36.4 Å². The van der Waals surface area contributed by atoms with Gasteiger partial charge in [-0.25, -0.2) is 13.7 Å². The number of likely N-dealkylation sites (tertiary alicyclic amines) is 1. The zero-order chi connectivity index (χ0) is 20.6. The summed E-state index contributed by atoms with van der Waals surface area (Å²) < 4.78 is 21.0. The zero-order valence-electron chi connectivity index (χ0n) is 17.4. The Hall–Kier alpha value is -1.66. The Morgan fingerprint density at radius 3 is 2.71 bits per heavy atom. The van der Waals surface area contributed by atoms with Crippen molar-refractivity contribution < 1.29 is 13.7 Å². The Morgan fingerprint density at radius 2 is 2.07 bits per heavy atom. The van der Waals surface area contributed by atoms with E-state index in [1.807, 2.05) is 62.1 Å². The Kier molecular flexibility index (Phi) is 8.70. The van der Waals surface area contributed by atoms with Gasteiger partial charge in [0.1, 0.15) is 6.61 Å². The molecule has 0 aromatic heterocycles. The summed E-state index contributed by atoms with van der Waals surface area (Å²) in [4.78, 5) is 14.6. The van der Waals surface area contributed by atoms with E-state index < -0.39 is 11.0 Å². The minimum absolute atomic E-state index is 0.0186. The number of hydrogen-bond donors (Lipinski definition) is 1. The van der Waals surface area contributed by atoms with Gasteiger partial charge in [0, 0.05) is 18.6 Å². The molecule has 0 bridgehead atoms. The molecule has 1 heterocycles. The van der Waals surface area contributed by atoms with Crippen molar-refractivity contribution in [3.8, 4) is 0 Å². The highest BCUT2D eigenvalue weighted by Gasteiger charge is 2.31. The molecular formula is C22H34N2O3S. The first kappa shape index (κ1) is 22.6. The maximum atomic E-state index is 12.7. The molecule has 0 saturated carbocycles. The van der Waals surface area contributed by atoms with Crippen molar-refractivity contribution in [2.75, 3.05) is 6.54 Å². The Morgan fingerprint density at radius 1 is 1.36 bits per heavy atom. The van der Waals surface area contributed by atoms with Crippen molar-refractivity contribution in [3.63, 3.8) is 0 Å². The van der Waals surface area contributed by atoms with E-state index in [1.165, 1.54) is 0 Å². The zero-order valence-corrected chi connectivity index (χ0v) is 18.2. The summed E-state index contributed by atoms with van der Waals surface area (Å²) in [5.74, 6) is 0. The molecule has 1 saturated heterocycles. The number of rotatable bonds is 8. The summed E-state index contributed by atoms with van der Waals surface area (Å²) in [6.07, 6.45) is 6.07. The van der Waals surface area contributed by atoms with Crippen molar-refractivity contribution >= 4 is 17.1 Å². The number of piperidine rings is 1. The van der Waals surface area contributed by atoms with Crippen LogP contribution in [0.3, 0.4) is 0 Å². The SMILES string of the molecule is C=CC[C@H](C[C@H]1CCCCN1C(=O)OCc1ccccc1)NS(=O)C(C)(C)C. The van der Waals surface area contributed by atoms with Crippen LogP contribution in [0.1, 0.15) is 58.4 Å². The van der Waals surface area contributed by atoms with Crippen LogP contribution in [0.5, 0.6) is 0 Å². The Balaban J connectivity index is 1.98. The lowest BCUT2D eigenvalue weighted by atomic mass is 9.95. The largest absolute Gasteiger partial charge is 0.445 e. The van der Waals surface area contributed by atoms with E-state index >= 15 is 0 Å². The van der Waals surface area contributed by atoms with Crippen molar-refractivity contribution in [1.82, 2.24) is 9.62 Å². The number of amides is 1. The Labute approximate surface area is 172 Å². The molecule has 1 aromatic rings. The maximum Gasteiger partial charge on any atom is 0.410 e. The lowest BCUT2D eigenvalue weighted by Crippen LogP contribution is -2.48. The second-order valence-electron chi connectivity index (χ2n) is 8.34. The smallest absolute Gasteiger partial charge is 0.410 e. The fourth-order valence-electron chi connectivity index (χ4n) is 3.34. The summed E-state index contributed by atoms with van der Waals surface area (Å²) in [5.41, 5.74) is 0.983. The molecule has 1 aromatic carbocycles. The van der Waals surface area contributed by atoms with Crippen LogP contribution in [0, 0.1) is 0 Å². The molecule has 1 aliphatic heterocycles. The first-order valence-electron chi connectivity index (χ1n) is 10.1. The molecule has 0 radical (unpaired) electrons. The molecule has 156 valence electrons. The standard InChI is InChI=1S/C22H34N2O3S/c1-5-11-19(23-28(26)22(2,3)4)16-20-14-9-10-15-24(20)21(25)27-17-18-12-7-6-8-13-18/h5-8,12-13,19-20,23H,1,9-11,14-17H2,2-4H3/t19-,20-,28?/m1/s1. The van der Waals surface area contributed by atoms with Crippen molar-refractivity contribution in [1.29, 1.82) is 0 Å². The lowest BCUT2D eigenvalue weighted by Gasteiger charge is -2.37. The predicted molar refractivity (Wildman–Crippen MR) is 115 cm³/mol. The summed E-state index contributed by atoms with van der Waals surface area (Å²) in [6.45, 7) is 10.7. The van der Waals surface area contributed by atoms with E-state index in [4.69, 9.17) is 4.74 Å². The minimum atomic E-state index is -1.16. The second kappa shape index (κ2) is 10.8. The molecule has 6 heteroatoms. The van der Waals surface area contributed by atoms with Gasteiger partial charge in [-0.15, -0.1) is 6.58 Å². The molecule has 28 heavy (non-hydrogen) atoms. The van der Waals surface area contributed by atoms with Crippen LogP contribution in [0.4, 0.5) is 4.79 Å². The molecule has 1 aliphatic rings. The van der Waals surface area contributed by atoms with Crippen LogP contribution in [-0.4, -0.2) is 38.6 Å². The fraction of sp³-hybridized carbons (Fsp3) is 0.591. The van der Waals surface area contributed by atoms with Gasteiger partial charge in [-0.3, -0.25) is 0 Å². The van der Waals surface area contributed by atoms with Crippen molar-refractivity contribution in [2.24, 2.45) is 0 Å². The normalized spacial score (nSPS) is 19.7. The molecule has 1 N–H and O–H groups in total. The fourth-order valence-corrected chi connectivity index (χ4v) is 4.19. The second-order valence-corrected chi connectivity index (χ2v) is 10.3. The number of nitrogens with one attached hydrogen (secondary N) is 1. The highest BCUT2D eigenvalue weighted by Crippen LogP contribution is 2.24. The third-order valence-corrected chi connectivity index (χ3v) is 6.56. The van der Waals surface area contributed by atoms with Crippen LogP contribution < -0.4 is 4.72 Å². The molecule has 0 spiro atoms. The number of carbonyl (C=O) groups excluding carboxylic acids is 1. The van der Waals surface area contributed by atoms with Gasteiger partial charge in [0.05, 0.1) is 15.7 Å². The van der Waals surface area contributed by atoms with Crippen LogP contribution >= 0.6 is 0 Å². The third kappa shape index (κ3) is 7.06. The topological polar surface area (TPSA) is 58.6 Å². The van der Waals surface area contributed by atoms with Crippen molar-refractivity contribution in [2.45, 2.75) is 76.3 Å². The van der Waals surface area contributed by atoms with Gasteiger partial charge < -0.3 is 9.64 Å². The summed E-state index contributed by atoms with van der Waals surface area (Å²) in [6, 6.07) is 9.83. The van der Waals surface area contributed by atoms with Gasteiger partial charge in [0.15, 0.2) is 0 Å². The van der Waals surface area contributed by atoms with E-state index in [0.29, 0.717) is 13.0 Å². The van der Waals surface area contributed by atoms with Gasteiger partial charge in [-0.05, 0) is 58.4 Å². The summed E-state index contributed by atoms with van der Waals surface area (Å²) in [5, 5.41) is 0. The van der Waals surface area contributed by atoms with Gasteiger partial charge in [0.25, 0.3) is 0 Å². The molecule has 0 aliphatic carbocycles. The maximum absolute atomic E-state index is 12.7. The van der Waals surface area contributed by atoms with Crippen molar-refractivity contribution in [3.05, 3.63) is 48.6 Å². The highest BCUT2D eigenvalue weighted by atomic mass is 32.2. The van der Waals surface area contributed by atoms with E-state index in [2.05, 4.69) is 11.3 Å². The average molecular weight is 407 g/mol. The summed E-state index contributed by atoms with van der Waals surface area (Å²) in [7, 11) is -1.16. The van der Waals surface area contributed by atoms with E-state index in [1.54, 1.807) is 0 Å². The molecule has 1 fully saturated rings. The minimum Gasteiger partial charge on any atom is -0.445 e. The highest BCUT2D eigenvalue weighted by molar-refractivity contribution is 7.84. The first-order chi connectivity index (χ1) is 13.3. The average Bonchev–Trinajstić information content (AvgIpc) is 2.67. The first-order valence-corrected chi connectivity index (χ1v) is 11.2. The number of hydrogen-bond acceptors (Lipinski definition) is 3. The monoisotopic (exact) mass is 406 g/mol. The van der Waals surface area contributed by atoms with Gasteiger partial charge in [-0.2, -0.15) is 0 Å². The van der Waals surface area contributed by atoms with Crippen LogP contribution in [0.2, 0.25) is 0 Å². The lowest BCUT2D eigenvalue weighted by molar-refractivity contribution is 0.0640. The van der Waals surface area contributed by atoms with E-state index in [9.17, 15) is 9.00 Å². The predicted octanol–water partition coefficient (Wildman–Crippen LogP) is 4.56. The number of ether oxygens (including phenoxy) is 1. The van der Waals surface area contributed by atoms with Gasteiger partial charge >= 0.3 is 6.09 Å². The summed E-state index contributed by atoms with van der Waals surface area (Å²) >= 11 is 0. The molecule has 3 atom stereocenters. The molecule has 2 rings (SSSR count). The van der Waals surface area contributed by atoms with Gasteiger partial charge in [0.2, 0.25) is 0 Å². The van der Waals surface area contributed by atoms with E-state index in [0.717, 1.165) is 31.2 Å². The van der Waals surface area contributed by atoms with Crippen LogP contribution in [-0.2, 0) is 22.3 Å². The quantitative estimate of drug-likeness (QED) is 0.644. The number of nitrogens with zero attached hydrogens (tertiary/aromatic N) is 1. The molecule has 1 unspecified atom stereocenters. The van der Waals surface area contributed by atoms with Crippen LogP contribution in [0.25, 0.3) is 0 Å². The number of carbonyl (C=O) groups is 1. The molecule has 5 nitrogen and oxygen atoms in total. The number of benzene rings is 1.